The van der Waals surface area contributed by atoms with E-state index in [0.29, 0.717) is 6.61 Å². The molecule has 2 saturated heterocycles. The van der Waals surface area contributed by atoms with Crippen LogP contribution in [0.3, 0.4) is 0 Å². The summed E-state index contributed by atoms with van der Waals surface area (Å²) in [7, 11) is 0. The lowest BCUT2D eigenvalue weighted by molar-refractivity contribution is -0.890. The third kappa shape index (κ3) is 4.74. The number of thiophene rings is 2. The van der Waals surface area contributed by atoms with Crippen molar-refractivity contribution in [2.24, 2.45) is 0 Å². The number of carbonyl (C=O) groups is 2. The van der Waals surface area contributed by atoms with Crippen LogP contribution < -0.4 is 10.0 Å². The van der Waals surface area contributed by atoms with E-state index in [1.807, 2.05) is 0 Å². The van der Waals surface area contributed by atoms with Gasteiger partial charge < -0.3 is 29.4 Å². The minimum absolute atomic E-state index is 0.192. The summed E-state index contributed by atoms with van der Waals surface area (Å²) in [5.74, 6) is -4.69. The Hall–Kier alpha value is -1.78. The van der Waals surface area contributed by atoms with Gasteiger partial charge >= 0.3 is 5.97 Å². The van der Waals surface area contributed by atoms with Gasteiger partial charge in [-0.2, -0.15) is 22.7 Å². The van der Waals surface area contributed by atoms with Crippen LogP contribution in [0.4, 0.5) is 0 Å². The predicted octanol–water partition coefficient (Wildman–Crippen LogP) is -0.0743. The molecule has 0 saturated carbocycles. The second-order valence-corrected chi connectivity index (χ2v) is 8.01. The zero-order valence-corrected chi connectivity index (χ0v) is 16.2. The van der Waals surface area contributed by atoms with Crippen LogP contribution in [0.5, 0.6) is 0 Å². The minimum Gasteiger partial charge on any atom is -0.539 e. The standard InChI is InChI=1S/C16H19NO2S2.C2H2O4/c1-2-6-17(5-1)9-15-10-18-16(19-15,13-3-7-20-11-13)14-4-8-21-12-14;3-1(4)2(5)6/h3-4,7-8,11-12,15H,1-2,5-6,9-10H2;(H,3,4)(H,5,6). The maximum absolute atomic E-state index is 9.04. The molecule has 7 nitrogen and oxygen atoms in total. The first kappa shape index (κ1) is 20.0. The number of hydrogen-bond acceptors (Lipinski definition) is 7. The second kappa shape index (κ2) is 8.94. The summed E-state index contributed by atoms with van der Waals surface area (Å²) in [6.45, 7) is 4.32. The third-order valence-corrected chi connectivity index (χ3v) is 5.98. The average Bonchev–Trinajstić information content (AvgIpc) is 3.42. The van der Waals surface area contributed by atoms with E-state index in [9.17, 15) is 0 Å². The molecular weight excluding hydrogens is 390 g/mol. The van der Waals surface area contributed by atoms with E-state index in [0.717, 1.165) is 17.7 Å². The zero-order chi connectivity index (χ0) is 19.3. The first-order valence-electron chi connectivity index (χ1n) is 8.66. The van der Waals surface area contributed by atoms with Gasteiger partial charge in [0.2, 0.25) is 5.79 Å². The molecule has 2 aromatic rings. The van der Waals surface area contributed by atoms with Crippen LogP contribution >= 0.6 is 22.7 Å². The summed E-state index contributed by atoms with van der Waals surface area (Å²) in [6.07, 6.45) is 2.89. The molecule has 2 aliphatic rings. The summed E-state index contributed by atoms with van der Waals surface area (Å²) in [6, 6.07) is 4.24. The first-order valence-corrected chi connectivity index (χ1v) is 10.5. The highest BCUT2D eigenvalue weighted by atomic mass is 32.1. The molecule has 2 N–H and O–H groups in total. The van der Waals surface area contributed by atoms with Gasteiger partial charge in [0, 0.05) is 24.0 Å². The molecular formula is C18H21NO6S2. The summed E-state index contributed by atoms with van der Waals surface area (Å²) >= 11 is 3.39. The molecule has 146 valence electrons. The summed E-state index contributed by atoms with van der Waals surface area (Å²) < 4.78 is 12.7. The van der Waals surface area contributed by atoms with E-state index in [1.54, 1.807) is 27.6 Å². The van der Waals surface area contributed by atoms with E-state index < -0.39 is 17.7 Å². The van der Waals surface area contributed by atoms with E-state index in [2.05, 4.69) is 33.7 Å². The van der Waals surface area contributed by atoms with Gasteiger partial charge in [-0.1, -0.05) is 0 Å². The van der Waals surface area contributed by atoms with Gasteiger partial charge in [-0.05, 0) is 33.7 Å². The fraction of sp³-hybridized carbons (Fsp3) is 0.444. The summed E-state index contributed by atoms with van der Waals surface area (Å²) in [5.41, 5.74) is 2.26. The van der Waals surface area contributed by atoms with Crippen LogP contribution in [0.2, 0.25) is 0 Å². The Balaban J connectivity index is 0.000000307. The van der Waals surface area contributed by atoms with Crippen molar-refractivity contribution in [2.45, 2.75) is 24.7 Å². The molecule has 0 aliphatic carbocycles. The van der Waals surface area contributed by atoms with Crippen molar-refractivity contribution in [2.75, 3.05) is 26.2 Å². The number of nitrogens with one attached hydrogen (secondary N) is 1. The van der Waals surface area contributed by atoms with Crippen molar-refractivity contribution in [3.63, 3.8) is 0 Å². The number of ether oxygens (including phenoxy) is 2. The number of quaternary nitrogens is 1. The van der Waals surface area contributed by atoms with Crippen molar-refractivity contribution in [3.8, 4) is 0 Å². The number of hydrogen-bond donors (Lipinski definition) is 2. The number of likely N-dealkylation sites (tertiary alicyclic amines) is 1. The molecule has 2 aromatic heterocycles. The molecule has 0 aromatic carbocycles. The van der Waals surface area contributed by atoms with Gasteiger partial charge in [0.1, 0.15) is 12.6 Å². The smallest absolute Gasteiger partial charge is 0.351 e. The number of carbonyl (C=O) groups excluding carboxylic acids is 1. The number of aliphatic carboxylic acids is 2. The van der Waals surface area contributed by atoms with E-state index in [4.69, 9.17) is 29.3 Å². The Morgan fingerprint density at radius 1 is 1.19 bits per heavy atom. The molecule has 9 heteroatoms. The van der Waals surface area contributed by atoms with Gasteiger partial charge in [0.05, 0.1) is 19.7 Å². The molecule has 2 aliphatic heterocycles. The lowest BCUT2D eigenvalue weighted by atomic mass is 10.0. The number of rotatable bonds is 4. The highest BCUT2D eigenvalue weighted by Crippen LogP contribution is 2.41. The molecule has 1 unspecified atom stereocenters. The monoisotopic (exact) mass is 411 g/mol. The van der Waals surface area contributed by atoms with Crippen molar-refractivity contribution in [3.05, 3.63) is 44.8 Å². The van der Waals surface area contributed by atoms with Crippen LogP contribution in [0.25, 0.3) is 0 Å². The average molecular weight is 412 g/mol. The quantitative estimate of drug-likeness (QED) is 0.683. The van der Waals surface area contributed by atoms with Crippen LogP contribution in [-0.2, 0) is 24.8 Å². The fourth-order valence-electron chi connectivity index (χ4n) is 3.39. The van der Waals surface area contributed by atoms with Crippen molar-refractivity contribution in [1.82, 2.24) is 0 Å². The summed E-state index contributed by atoms with van der Waals surface area (Å²) in [4.78, 5) is 19.7. The Morgan fingerprint density at radius 3 is 2.19 bits per heavy atom. The molecule has 1 atom stereocenters. The molecule has 4 heterocycles. The van der Waals surface area contributed by atoms with Crippen LogP contribution in [0.15, 0.2) is 33.7 Å². The van der Waals surface area contributed by atoms with Gasteiger partial charge in [-0.25, -0.2) is 4.79 Å². The van der Waals surface area contributed by atoms with Gasteiger partial charge in [-0.15, -0.1) is 0 Å². The van der Waals surface area contributed by atoms with Crippen molar-refractivity contribution < 1.29 is 34.2 Å². The largest absolute Gasteiger partial charge is 0.539 e. The van der Waals surface area contributed by atoms with Gasteiger partial charge in [-0.3, -0.25) is 0 Å². The van der Waals surface area contributed by atoms with Crippen molar-refractivity contribution in [1.29, 1.82) is 0 Å². The van der Waals surface area contributed by atoms with Crippen LogP contribution in [0.1, 0.15) is 24.0 Å². The van der Waals surface area contributed by atoms with Crippen molar-refractivity contribution >= 4 is 34.6 Å². The maximum atomic E-state index is 9.04. The Labute approximate surface area is 164 Å². The van der Waals surface area contributed by atoms with E-state index in [-0.39, 0.29) is 6.10 Å². The topological polar surface area (TPSA) is 100 Å². The number of carboxylic acids is 2. The second-order valence-electron chi connectivity index (χ2n) is 6.45. The first-order chi connectivity index (χ1) is 13.0. The molecule has 27 heavy (non-hydrogen) atoms. The highest BCUT2D eigenvalue weighted by molar-refractivity contribution is 7.08. The molecule has 4 rings (SSSR count). The SMILES string of the molecule is O=C([O-])C(=O)O.c1cc(C2(c3ccsc3)OCC(C[NH+]3CCCC3)O2)cs1. The highest BCUT2D eigenvalue weighted by Gasteiger charge is 2.46. The van der Waals surface area contributed by atoms with E-state index in [1.165, 1.54) is 25.9 Å². The van der Waals surface area contributed by atoms with Crippen LogP contribution in [-0.4, -0.2) is 49.4 Å². The lowest BCUT2D eigenvalue weighted by Gasteiger charge is -2.27. The Kier molecular flexibility index (Phi) is 6.61. The lowest BCUT2D eigenvalue weighted by Crippen LogP contribution is -3.11. The Morgan fingerprint density at radius 2 is 1.74 bits per heavy atom. The molecule has 0 amide bonds. The Bertz CT molecular complexity index is 694. The molecule has 0 spiro atoms. The van der Waals surface area contributed by atoms with Gasteiger partial charge in [0.15, 0.2) is 5.97 Å². The third-order valence-electron chi connectivity index (χ3n) is 4.61. The van der Waals surface area contributed by atoms with Gasteiger partial charge in [0.25, 0.3) is 0 Å². The number of carboxylic acid groups (broad SMARTS) is 2. The maximum Gasteiger partial charge on any atom is 0.351 e. The predicted molar refractivity (Wildman–Crippen MR) is 97.7 cm³/mol. The zero-order valence-electron chi connectivity index (χ0n) is 14.6. The minimum atomic E-state index is -2.07. The van der Waals surface area contributed by atoms with E-state index >= 15 is 0 Å². The van der Waals surface area contributed by atoms with Crippen LogP contribution in [0, 0.1) is 0 Å². The summed E-state index contributed by atoms with van der Waals surface area (Å²) in [5, 5.41) is 24.8. The fourth-order valence-corrected chi connectivity index (χ4v) is 4.76. The molecule has 0 radical (unpaired) electrons. The molecule has 0 bridgehead atoms. The normalized spacial score (nSPS) is 21.6. The molecule has 2 fully saturated rings.